The molecule has 4 heterocycles. The zero-order valence-corrected chi connectivity index (χ0v) is 22.9. The van der Waals surface area contributed by atoms with Gasteiger partial charge in [0.2, 0.25) is 6.71 Å². The first-order chi connectivity index (χ1) is 18.9. The third-order valence-corrected chi connectivity index (χ3v) is 10.5. The summed E-state index contributed by atoms with van der Waals surface area (Å²) in [6.07, 6.45) is 7.26. The van der Waals surface area contributed by atoms with Gasteiger partial charge >= 0.3 is 0 Å². The summed E-state index contributed by atoms with van der Waals surface area (Å²) in [5.41, 5.74) is 15.4. The maximum absolute atomic E-state index is 2.69. The van der Waals surface area contributed by atoms with E-state index in [2.05, 4.69) is 141 Å². The maximum atomic E-state index is 2.69. The molecule has 4 aromatic carbocycles. The Morgan fingerprint density at radius 1 is 0.641 bits per heavy atom. The lowest BCUT2D eigenvalue weighted by Crippen LogP contribution is -2.65. The highest BCUT2D eigenvalue weighted by atomic mass is 15.2. The van der Waals surface area contributed by atoms with Gasteiger partial charge in [0.25, 0.3) is 0 Å². The molecule has 188 valence electrons. The van der Waals surface area contributed by atoms with E-state index < -0.39 is 0 Å². The summed E-state index contributed by atoms with van der Waals surface area (Å²) < 4.78 is 0. The Hall–Kier alpha value is -3.98. The number of rotatable bonds is 0. The maximum Gasteiger partial charge on any atom is 0.226 e. The summed E-state index contributed by atoms with van der Waals surface area (Å²) in [6, 6.07) is 32.6. The highest BCUT2D eigenvalue weighted by Crippen LogP contribution is 2.58. The van der Waals surface area contributed by atoms with Crippen molar-refractivity contribution in [2.75, 3.05) is 9.80 Å². The van der Waals surface area contributed by atoms with Crippen LogP contribution in [-0.2, 0) is 10.8 Å². The van der Waals surface area contributed by atoms with Crippen LogP contribution >= 0.6 is 0 Å². The summed E-state index contributed by atoms with van der Waals surface area (Å²) in [5.74, 6) is 0.361. The Bertz CT molecular complexity index is 1810. The second kappa shape index (κ2) is 6.96. The van der Waals surface area contributed by atoms with Crippen molar-refractivity contribution in [1.29, 1.82) is 0 Å². The molecule has 0 bridgehead atoms. The minimum atomic E-state index is -0.0620. The van der Waals surface area contributed by atoms with Gasteiger partial charge < -0.3 is 9.80 Å². The van der Waals surface area contributed by atoms with Crippen molar-refractivity contribution in [2.45, 2.75) is 50.4 Å². The van der Waals surface area contributed by atoms with Crippen LogP contribution in [0.2, 0.25) is 5.82 Å². The van der Waals surface area contributed by atoms with Gasteiger partial charge in [0.15, 0.2) is 0 Å². The van der Waals surface area contributed by atoms with Gasteiger partial charge in [0, 0.05) is 33.6 Å². The summed E-state index contributed by atoms with van der Waals surface area (Å²) >= 11 is 0. The number of nitrogens with zero attached hydrogens (tertiary/aromatic N) is 2. The lowest BCUT2D eigenvalue weighted by Gasteiger charge is -2.57. The van der Waals surface area contributed by atoms with Gasteiger partial charge in [0.1, 0.15) is 0 Å². The van der Waals surface area contributed by atoms with Crippen LogP contribution in [0.15, 0.2) is 109 Å². The Kier molecular flexibility index (Phi) is 3.91. The number of anilines is 5. The SMILES string of the molecule is CC1(C)C2=CC=CC3B4c5cccc6c5N(c5ccccc5C6(C)C)c5cccc(c54)N(c4ccccc41)C23. The van der Waals surface area contributed by atoms with Crippen LogP contribution in [0.4, 0.5) is 28.4 Å². The zero-order valence-electron chi connectivity index (χ0n) is 22.9. The lowest BCUT2D eigenvalue weighted by molar-refractivity contribution is 0.518. The number of hydrogen-bond acceptors (Lipinski definition) is 2. The summed E-state index contributed by atoms with van der Waals surface area (Å²) in [7, 11) is 0. The predicted molar refractivity (Wildman–Crippen MR) is 165 cm³/mol. The van der Waals surface area contributed by atoms with E-state index in [0.717, 1.165) is 0 Å². The molecular weight excluding hydrogens is 471 g/mol. The monoisotopic (exact) mass is 502 g/mol. The average Bonchev–Trinajstić information content (AvgIpc) is 2.95. The molecule has 0 aromatic heterocycles. The van der Waals surface area contributed by atoms with Crippen molar-refractivity contribution < 1.29 is 0 Å². The molecule has 1 aliphatic carbocycles. The highest BCUT2D eigenvalue weighted by molar-refractivity contribution is 6.91. The lowest BCUT2D eigenvalue weighted by atomic mass is 9.28. The van der Waals surface area contributed by atoms with E-state index in [1.54, 1.807) is 0 Å². The molecule has 2 unspecified atom stereocenters. The van der Waals surface area contributed by atoms with E-state index in [4.69, 9.17) is 0 Å². The molecule has 0 fully saturated rings. The van der Waals surface area contributed by atoms with E-state index in [1.165, 1.54) is 61.6 Å². The van der Waals surface area contributed by atoms with E-state index in [-0.39, 0.29) is 10.8 Å². The Morgan fingerprint density at radius 3 is 2.10 bits per heavy atom. The van der Waals surface area contributed by atoms with Gasteiger partial charge in [-0.25, -0.2) is 0 Å². The first kappa shape index (κ1) is 21.9. The van der Waals surface area contributed by atoms with Crippen molar-refractivity contribution in [1.82, 2.24) is 0 Å². The molecule has 0 N–H and O–H groups in total. The Morgan fingerprint density at radius 2 is 1.28 bits per heavy atom. The molecule has 0 saturated carbocycles. The fourth-order valence-electron chi connectivity index (χ4n) is 8.78. The second-order valence-electron chi connectivity index (χ2n) is 12.9. The van der Waals surface area contributed by atoms with Crippen LogP contribution in [0.25, 0.3) is 0 Å². The number of allylic oxidation sites excluding steroid dienone is 2. The molecule has 4 aromatic rings. The van der Waals surface area contributed by atoms with Crippen LogP contribution in [0.3, 0.4) is 0 Å². The van der Waals surface area contributed by atoms with Crippen LogP contribution in [0.5, 0.6) is 0 Å². The van der Waals surface area contributed by atoms with Crippen LogP contribution in [0, 0.1) is 0 Å². The largest absolute Gasteiger partial charge is 0.334 e. The topological polar surface area (TPSA) is 6.48 Å². The van der Waals surface area contributed by atoms with Gasteiger partial charge in [-0.2, -0.15) is 0 Å². The molecule has 0 spiro atoms. The molecule has 4 aliphatic heterocycles. The van der Waals surface area contributed by atoms with E-state index in [0.29, 0.717) is 18.6 Å². The predicted octanol–water partition coefficient (Wildman–Crippen LogP) is 7.40. The minimum Gasteiger partial charge on any atom is -0.334 e. The number of para-hydroxylation sites is 3. The average molecular weight is 502 g/mol. The van der Waals surface area contributed by atoms with Gasteiger partial charge in [-0.1, -0.05) is 107 Å². The second-order valence-corrected chi connectivity index (χ2v) is 12.9. The normalized spacial score (nSPS) is 23.2. The molecule has 39 heavy (non-hydrogen) atoms. The molecule has 0 saturated heterocycles. The Balaban J connectivity index is 1.41. The van der Waals surface area contributed by atoms with Gasteiger partial charge in [-0.15, -0.1) is 0 Å². The molecule has 0 amide bonds. The molecule has 3 heteroatoms. The van der Waals surface area contributed by atoms with Gasteiger partial charge in [0.05, 0.1) is 11.7 Å². The van der Waals surface area contributed by atoms with Crippen LogP contribution in [-0.4, -0.2) is 12.8 Å². The molecular formula is C36H31BN2. The van der Waals surface area contributed by atoms with E-state index in [9.17, 15) is 0 Å². The fourth-order valence-corrected chi connectivity index (χ4v) is 8.78. The number of fused-ring (bicyclic) bond motifs is 8. The third kappa shape index (κ3) is 2.42. The smallest absolute Gasteiger partial charge is 0.226 e. The van der Waals surface area contributed by atoms with Gasteiger partial charge in [-0.05, 0) is 63.3 Å². The van der Waals surface area contributed by atoms with Crippen molar-refractivity contribution in [3.63, 3.8) is 0 Å². The Labute approximate surface area is 231 Å². The van der Waals surface area contributed by atoms with Gasteiger partial charge in [-0.3, -0.25) is 0 Å². The molecule has 0 radical (unpaired) electrons. The van der Waals surface area contributed by atoms with Crippen molar-refractivity contribution in [3.8, 4) is 0 Å². The first-order valence-corrected chi connectivity index (χ1v) is 14.3. The fraction of sp³-hybridized carbons (Fsp3) is 0.222. The summed E-state index contributed by atoms with van der Waals surface area (Å²) in [4.78, 5) is 5.27. The summed E-state index contributed by atoms with van der Waals surface area (Å²) in [5, 5.41) is 0. The van der Waals surface area contributed by atoms with E-state index >= 15 is 0 Å². The molecule has 2 atom stereocenters. The quantitative estimate of drug-likeness (QED) is 0.231. The molecule has 5 aliphatic rings. The van der Waals surface area contributed by atoms with Crippen LogP contribution < -0.4 is 20.7 Å². The molecule has 9 rings (SSSR count). The molecule has 2 nitrogen and oxygen atoms in total. The van der Waals surface area contributed by atoms with Crippen LogP contribution in [0.1, 0.15) is 44.4 Å². The summed E-state index contributed by atoms with van der Waals surface area (Å²) in [6.45, 7) is 9.95. The zero-order chi connectivity index (χ0) is 26.3. The number of benzene rings is 4. The number of hydrogen-bond donors (Lipinski definition) is 0. The highest BCUT2D eigenvalue weighted by Gasteiger charge is 2.56. The minimum absolute atomic E-state index is 0.0202. The van der Waals surface area contributed by atoms with E-state index in [1.807, 2.05) is 0 Å². The van der Waals surface area contributed by atoms with Crippen molar-refractivity contribution in [2.24, 2.45) is 0 Å². The standard InChI is InChI=1S/C36H31BN2/c1-35(2)22-12-5-7-18-28(22)38-30-20-11-21-31-32(30)37(26-16-9-14-24(35)33(26)38)27-17-10-15-25-34(27)39(31)29-19-8-6-13-23(29)36(25,3)4/h5-21,26,33H,1-4H3. The first-order valence-electron chi connectivity index (χ1n) is 14.3. The van der Waals surface area contributed by atoms with Crippen molar-refractivity contribution in [3.05, 3.63) is 125 Å². The van der Waals surface area contributed by atoms with Crippen molar-refractivity contribution >= 4 is 46.1 Å². The third-order valence-electron chi connectivity index (χ3n) is 10.5.